The number of carbonyl (C=O) groups is 1. The van der Waals surface area contributed by atoms with Crippen LogP contribution in [-0.4, -0.2) is 27.8 Å². The molecule has 0 aliphatic carbocycles. The topological polar surface area (TPSA) is 49.0 Å². The number of benzene rings is 1. The van der Waals surface area contributed by atoms with E-state index in [2.05, 4.69) is 29.0 Å². The van der Waals surface area contributed by atoms with Gasteiger partial charge in [-0.1, -0.05) is 11.6 Å². The summed E-state index contributed by atoms with van der Waals surface area (Å²) in [6.45, 7) is 6.05. The number of hydrogen-bond acceptors (Lipinski definition) is 3. The third-order valence-corrected chi connectivity index (χ3v) is 5.08. The van der Waals surface area contributed by atoms with E-state index in [1.165, 1.54) is 5.56 Å². The number of nitrogens with zero attached hydrogens (tertiary/aromatic N) is 2. The Hall–Kier alpha value is -2.14. The Balaban J connectivity index is 1.96. The van der Waals surface area contributed by atoms with Crippen LogP contribution in [0.25, 0.3) is 10.9 Å². The van der Waals surface area contributed by atoms with Crippen LogP contribution in [0, 0.1) is 13.8 Å². The van der Waals surface area contributed by atoms with Gasteiger partial charge in [0.05, 0.1) is 6.04 Å². The van der Waals surface area contributed by atoms with E-state index in [1.54, 1.807) is 22.4 Å². The van der Waals surface area contributed by atoms with Crippen LogP contribution in [0.5, 0.6) is 0 Å². The maximum Gasteiger partial charge on any atom is 0.270 e. The van der Waals surface area contributed by atoms with E-state index in [4.69, 9.17) is 0 Å². The normalized spacial score (nSPS) is 12.5. The number of aryl methyl sites for hydroxylation is 2. The average Bonchev–Trinajstić information content (AvgIpc) is 3.14. The molecule has 2 heterocycles. The zero-order chi connectivity index (χ0) is 15.9. The number of fused-ring (bicyclic) bond motifs is 1. The molecule has 0 unspecified atom stereocenters. The fourth-order valence-corrected chi connectivity index (χ4v) is 3.35. The molecule has 3 aromatic rings. The van der Waals surface area contributed by atoms with E-state index in [0.717, 1.165) is 21.5 Å². The Morgan fingerprint density at radius 2 is 2.14 bits per heavy atom. The van der Waals surface area contributed by atoms with Gasteiger partial charge in [-0.15, -0.1) is 11.3 Å². The zero-order valence-electron chi connectivity index (χ0n) is 13.2. The molecule has 1 aromatic carbocycles. The van der Waals surface area contributed by atoms with Crippen LogP contribution in [0.1, 0.15) is 39.6 Å². The summed E-state index contributed by atoms with van der Waals surface area (Å²) in [6.07, 6.45) is 1.77. The lowest BCUT2D eigenvalue weighted by atomic mass is 10.1. The SMILES string of the molecule is Cc1ccc2[nH]c(C(=O)N(C)[C@H](C)c3nccs3)c(C)c2c1. The van der Waals surface area contributed by atoms with Crippen molar-refractivity contribution in [2.75, 3.05) is 7.05 Å². The second-order valence-corrected chi connectivity index (χ2v) is 6.56. The van der Waals surface area contributed by atoms with Crippen LogP contribution in [0.3, 0.4) is 0 Å². The van der Waals surface area contributed by atoms with Gasteiger partial charge in [-0.05, 0) is 38.5 Å². The first-order chi connectivity index (χ1) is 10.5. The van der Waals surface area contributed by atoms with Crippen molar-refractivity contribution in [2.45, 2.75) is 26.8 Å². The Kier molecular flexibility index (Phi) is 3.74. The Morgan fingerprint density at radius 3 is 2.82 bits per heavy atom. The molecule has 4 nitrogen and oxygen atoms in total. The second kappa shape index (κ2) is 5.57. The smallest absolute Gasteiger partial charge is 0.270 e. The number of amides is 1. The maximum atomic E-state index is 12.8. The summed E-state index contributed by atoms with van der Waals surface area (Å²) in [7, 11) is 1.82. The molecule has 5 heteroatoms. The molecule has 1 atom stereocenters. The van der Waals surface area contributed by atoms with Gasteiger partial charge in [0.15, 0.2) is 0 Å². The van der Waals surface area contributed by atoms with Crippen molar-refractivity contribution >= 4 is 28.1 Å². The van der Waals surface area contributed by atoms with Crippen molar-refractivity contribution in [3.8, 4) is 0 Å². The number of H-pyrrole nitrogens is 1. The number of rotatable bonds is 3. The highest BCUT2D eigenvalue weighted by Crippen LogP contribution is 2.27. The van der Waals surface area contributed by atoms with Gasteiger partial charge in [-0.2, -0.15) is 0 Å². The number of carbonyl (C=O) groups excluding carboxylic acids is 1. The van der Waals surface area contributed by atoms with Crippen LogP contribution >= 0.6 is 11.3 Å². The Morgan fingerprint density at radius 1 is 1.36 bits per heavy atom. The molecule has 0 saturated heterocycles. The summed E-state index contributed by atoms with van der Waals surface area (Å²) in [6, 6.07) is 6.15. The molecule has 3 rings (SSSR count). The summed E-state index contributed by atoms with van der Waals surface area (Å²) >= 11 is 1.57. The average molecular weight is 313 g/mol. The van der Waals surface area contributed by atoms with E-state index in [1.807, 2.05) is 32.3 Å². The highest BCUT2D eigenvalue weighted by molar-refractivity contribution is 7.09. The van der Waals surface area contributed by atoms with E-state index in [-0.39, 0.29) is 11.9 Å². The molecule has 0 aliphatic rings. The first-order valence-corrected chi connectivity index (χ1v) is 8.12. The Bertz CT molecular complexity index is 820. The monoisotopic (exact) mass is 313 g/mol. The van der Waals surface area contributed by atoms with Crippen molar-refractivity contribution in [3.05, 3.63) is 51.6 Å². The lowest BCUT2D eigenvalue weighted by Gasteiger charge is -2.23. The quantitative estimate of drug-likeness (QED) is 0.792. The van der Waals surface area contributed by atoms with E-state index < -0.39 is 0 Å². The first kappa shape index (κ1) is 14.8. The van der Waals surface area contributed by atoms with Gasteiger partial charge in [-0.3, -0.25) is 4.79 Å². The van der Waals surface area contributed by atoms with Gasteiger partial charge < -0.3 is 9.88 Å². The Labute approximate surface area is 133 Å². The minimum absolute atomic E-state index is 0.00551. The molecule has 22 heavy (non-hydrogen) atoms. The lowest BCUT2D eigenvalue weighted by Crippen LogP contribution is -2.30. The summed E-state index contributed by atoms with van der Waals surface area (Å²) < 4.78 is 0. The van der Waals surface area contributed by atoms with Gasteiger partial charge in [-0.25, -0.2) is 4.98 Å². The number of aromatic nitrogens is 2. The molecule has 1 amide bonds. The van der Waals surface area contributed by atoms with Crippen LogP contribution < -0.4 is 0 Å². The summed E-state index contributed by atoms with van der Waals surface area (Å²) in [4.78, 5) is 22.1. The summed E-state index contributed by atoms with van der Waals surface area (Å²) in [5.41, 5.74) is 3.85. The highest BCUT2D eigenvalue weighted by atomic mass is 32.1. The molecule has 114 valence electrons. The molecule has 0 spiro atoms. The molecule has 1 N–H and O–H groups in total. The van der Waals surface area contributed by atoms with E-state index >= 15 is 0 Å². The highest BCUT2D eigenvalue weighted by Gasteiger charge is 2.24. The van der Waals surface area contributed by atoms with E-state index in [0.29, 0.717) is 5.69 Å². The minimum Gasteiger partial charge on any atom is -0.350 e. The molecule has 0 aliphatic heterocycles. The van der Waals surface area contributed by atoms with Gasteiger partial charge in [0.1, 0.15) is 10.7 Å². The van der Waals surface area contributed by atoms with Crippen LogP contribution in [0.15, 0.2) is 29.8 Å². The van der Waals surface area contributed by atoms with Gasteiger partial charge in [0, 0.05) is 29.5 Å². The van der Waals surface area contributed by atoms with Crippen molar-refractivity contribution in [1.29, 1.82) is 0 Å². The number of nitrogens with one attached hydrogen (secondary N) is 1. The molecular formula is C17H19N3OS. The zero-order valence-corrected chi connectivity index (χ0v) is 14.0. The van der Waals surface area contributed by atoms with E-state index in [9.17, 15) is 4.79 Å². The molecular weight excluding hydrogens is 294 g/mol. The number of aromatic amines is 1. The third-order valence-electron chi connectivity index (χ3n) is 4.14. The van der Waals surface area contributed by atoms with Crippen LogP contribution in [0.4, 0.5) is 0 Å². The largest absolute Gasteiger partial charge is 0.350 e. The molecule has 2 aromatic heterocycles. The van der Waals surface area contributed by atoms with Gasteiger partial charge >= 0.3 is 0 Å². The first-order valence-electron chi connectivity index (χ1n) is 7.24. The maximum absolute atomic E-state index is 12.8. The van der Waals surface area contributed by atoms with Crippen molar-refractivity contribution < 1.29 is 4.79 Å². The van der Waals surface area contributed by atoms with Crippen LogP contribution in [-0.2, 0) is 0 Å². The lowest BCUT2D eigenvalue weighted by molar-refractivity contribution is 0.0737. The predicted molar refractivity (Wildman–Crippen MR) is 90.4 cm³/mol. The third kappa shape index (κ3) is 2.41. The standard InChI is InChI=1S/C17H19N3OS/c1-10-5-6-14-13(9-10)11(2)15(19-14)17(21)20(4)12(3)16-18-7-8-22-16/h5-9,12,19H,1-4H3/t12-/m1/s1. The predicted octanol–water partition coefficient (Wildman–Crippen LogP) is 4.07. The second-order valence-electron chi connectivity index (χ2n) is 5.64. The number of thiazole rings is 1. The van der Waals surface area contributed by atoms with Gasteiger partial charge in [0.25, 0.3) is 5.91 Å². The molecule has 0 bridgehead atoms. The molecule has 0 saturated carbocycles. The molecule has 0 radical (unpaired) electrons. The van der Waals surface area contributed by atoms with Crippen molar-refractivity contribution in [2.24, 2.45) is 0 Å². The molecule has 0 fully saturated rings. The summed E-state index contributed by atoms with van der Waals surface area (Å²) in [5, 5.41) is 3.99. The fourth-order valence-electron chi connectivity index (χ4n) is 2.61. The van der Waals surface area contributed by atoms with Crippen molar-refractivity contribution in [1.82, 2.24) is 14.9 Å². The van der Waals surface area contributed by atoms with Crippen molar-refractivity contribution in [3.63, 3.8) is 0 Å². The van der Waals surface area contributed by atoms with Gasteiger partial charge in [0.2, 0.25) is 0 Å². The minimum atomic E-state index is -0.0416. The number of hydrogen-bond donors (Lipinski definition) is 1. The van der Waals surface area contributed by atoms with Crippen LogP contribution in [0.2, 0.25) is 0 Å². The fraction of sp³-hybridized carbons (Fsp3) is 0.294. The summed E-state index contributed by atoms with van der Waals surface area (Å²) in [5.74, 6) is -0.00551.